The zero-order chi connectivity index (χ0) is 32.5. The average molecular weight is 636 g/mol. The number of aromatic carboxylic acids is 1. The molecule has 1 aliphatic heterocycles. The van der Waals surface area contributed by atoms with E-state index < -0.39 is 40.4 Å². The van der Waals surface area contributed by atoms with Crippen molar-refractivity contribution in [3.63, 3.8) is 0 Å². The van der Waals surface area contributed by atoms with E-state index >= 15 is 14.4 Å². The van der Waals surface area contributed by atoms with Crippen molar-refractivity contribution in [3.8, 4) is 0 Å². The van der Waals surface area contributed by atoms with Gasteiger partial charge >= 0.3 is 5.97 Å². The molecule has 228 valence electrons. The Hall–Kier alpha value is -5.59. The molecule has 7 heteroatoms. The number of halogens is 1. The van der Waals surface area contributed by atoms with E-state index in [9.17, 15) is 9.90 Å². The minimum absolute atomic E-state index is 0.0170. The zero-order valence-electron chi connectivity index (χ0n) is 24.8. The molecule has 2 amide bonds. The number of hydrogen-bond acceptors (Lipinski definition) is 4. The molecule has 1 saturated heterocycles. The lowest BCUT2D eigenvalue weighted by Crippen LogP contribution is -2.45. The Balaban J connectivity index is 1.53. The predicted octanol–water partition coefficient (Wildman–Crippen LogP) is 7.23. The Morgan fingerprint density at radius 1 is 0.596 bits per heavy atom. The maximum Gasteiger partial charge on any atom is 0.337 e. The molecule has 1 saturated carbocycles. The summed E-state index contributed by atoms with van der Waals surface area (Å²) >= 11 is 6.20. The highest BCUT2D eigenvalue weighted by Crippen LogP contribution is 2.74. The summed E-state index contributed by atoms with van der Waals surface area (Å²) in [6.45, 7) is 0. The van der Waals surface area contributed by atoms with Gasteiger partial charge in [-0.25, -0.2) is 9.69 Å². The number of carbonyl (C=O) groups excluding carboxylic acids is 3. The lowest BCUT2D eigenvalue weighted by atomic mass is 9.59. The van der Waals surface area contributed by atoms with Gasteiger partial charge < -0.3 is 5.11 Å². The summed E-state index contributed by atoms with van der Waals surface area (Å²) in [6.07, 6.45) is 0. The summed E-state index contributed by atoms with van der Waals surface area (Å²) in [6, 6.07) is 41.8. The smallest absolute Gasteiger partial charge is 0.337 e. The Morgan fingerprint density at radius 2 is 1.00 bits per heavy atom. The molecular formula is C40H26ClNO5. The molecule has 3 aliphatic rings. The number of Topliss-reactive ketones (excluding diaryl/α,β-unsaturated/α-hetero) is 1. The van der Waals surface area contributed by atoms with Gasteiger partial charge in [0.25, 0.3) is 0 Å². The van der Waals surface area contributed by atoms with Crippen LogP contribution < -0.4 is 4.90 Å². The molecular weight excluding hydrogens is 610 g/mol. The second-order valence-corrected chi connectivity index (χ2v) is 12.5. The van der Waals surface area contributed by atoms with Crippen LogP contribution in [0.3, 0.4) is 0 Å². The van der Waals surface area contributed by atoms with Crippen LogP contribution in [-0.4, -0.2) is 28.7 Å². The highest BCUT2D eigenvalue weighted by molar-refractivity contribution is 6.39. The van der Waals surface area contributed by atoms with Gasteiger partial charge in [0, 0.05) is 0 Å². The summed E-state index contributed by atoms with van der Waals surface area (Å²) in [5, 5.41) is 9.81. The minimum atomic E-state index is -1.54. The molecule has 1 N–H and O–H groups in total. The third-order valence-corrected chi connectivity index (χ3v) is 10.3. The van der Waals surface area contributed by atoms with Gasteiger partial charge in [-0.3, -0.25) is 14.4 Å². The molecule has 2 aliphatic carbocycles. The van der Waals surface area contributed by atoms with Crippen LogP contribution >= 0.6 is 11.6 Å². The number of carboxylic acids is 1. The van der Waals surface area contributed by atoms with E-state index in [2.05, 4.69) is 0 Å². The normalized spacial score (nSPS) is 24.6. The van der Waals surface area contributed by atoms with Crippen molar-refractivity contribution in [2.24, 2.45) is 11.8 Å². The van der Waals surface area contributed by atoms with E-state index in [0.717, 1.165) is 16.0 Å². The highest BCUT2D eigenvalue weighted by atomic mass is 35.5. The van der Waals surface area contributed by atoms with Crippen molar-refractivity contribution < 1.29 is 24.3 Å². The number of ketones is 1. The van der Waals surface area contributed by atoms with Gasteiger partial charge in [0.2, 0.25) is 11.8 Å². The van der Waals surface area contributed by atoms with Crippen molar-refractivity contribution >= 4 is 52.0 Å². The fourth-order valence-electron chi connectivity index (χ4n) is 8.40. The fraction of sp³-hybridized carbons (Fsp3) is 0.100. The third-order valence-electron chi connectivity index (χ3n) is 10.0. The number of carboxylic acid groups (broad SMARTS) is 1. The summed E-state index contributed by atoms with van der Waals surface area (Å²) < 4.78 is 0. The van der Waals surface area contributed by atoms with Gasteiger partial charge in [-0.15, -0.1) is 0 Å². The molecule has 6 nitrogen and oxygen atoms in total. The number of carbonyl (C=O) groups is 4. The quantitative estimate of drug-likeness (QED) is 0.199. The van der Waals surface area contributed by atoms with Gasteiger partial charge in [-0.1, -0.05) is 133 Å². The minimum Gasteiger partial charge on any atom is -0.478 e. The van der Waals surface area contributed by atoms with Crippen molar-refractivity contribution in [2.75, 3.05) is 4.90 Å². The van der Waals surface area contributed by atoms with Gasteiger partial charge in [0.05, 0.1) is 38.9 Å². The second kappa shape index (κ2) is 10.5. The number of benzene rings is 5. The van der Waals surface area contributed by atoms with Crippen LogP contribution in [0, 0.1) is 11.8 Å². The van der Waals surface area contributed by atoms with Gasteiger partial charge in [0.15, 0.2) is 5.78 Å². The standard InChI is InChI=1S/C40H26ClNO5/c41-30-22-21-28(23-29(30)37(45)46)42-35(43)33-34(36(42)44)40(27-19-11-4-12-20-27)32(25-15-7-2-8-16-25)31(24-13-5-1-6-14-24)39(33,38(40)47)26-17-9-3-10-18-26/h1-23,33-34H,(H,45,46). The number of hydrogen-bond donors (Lipinski definition) is 1. The number of rotatable bonds is 6. The van der Waals surface area contributed by atoms with Gasteiger partial charge in [0.1, 0.15) is 0 Å². The van der Waals surface area contributed by atoms with Crippen LogP contribution in [0.2, 0.25) is 5.02 Å². The number of allylic oxidation sites excluding steroid dienone is 2. The molecule has 5 aromatic carbocycles. The van der Waals surface area contributed by atoms with Crippen LogP contribution in [0.25, 0.3) is 11.1 Å². The number of imide groups is 1. The van der Waals surface area contributed by atoms with Crippen LogP contribution in [0.15, 0.2) is 140 Å². The zero-order valence-corrected chi connectivity index (χ0v) is 25.6. The third kappa shape index (κ3) is 3.67. The van der Waals surface area contributed by atoms with E-state index in [4.69, 9.17) is 11.6 Å². The first-order valence-electron chi connectivity index (χ1n) is 15.3. The second-order valence-electron chi connectivity index (χ2n) is 12.1. The number of fused-ring (bicyclic) bond motifs is 5. The fourth-order valence-corrected chi connectivity index (χ4v) is 8.60. The van der Waals surface area contributed by atoms with E-state index in [-0.39, 0.29) is 22.1 Å². The average Bonchev–Trinajstić information content (AvgIpc) is 3.62. The lowest BCUT2D eigenvalue weighted by Gasteiger charge is -2.39. The SMILES string of the molecule is O=C(O)c1cc(N2C(=O)C3C(C2=O)C2(c4ccccc4)C(=O)C3(c3ccccc3)C(c3ccccc3)=C2c2ccccc2)ccc1Cl. The molecule has 0 radical (unpaired) electrons. The van der Waals surface area contributed by atoms with Crippen molar-refractivity contribution in [1.29, 1.82) is 0 Å². The van der Waals surface area contributed by atoms with E-state index in [1.807, 2.05) is 121 Å². The molecule has 47 heavy (non-hydrogen) atoms. The molecule has 2 bridgehead atoms. The Morgan fingerprint density at radius 3 is 1.40 bits per heavy atom. The summed E-state index contributed by atoms with van der Waals surface area (Å²) in [4.78, 5) is 59.0. The van der Waals surface area contributed by atoms with E-state index in [0.29, 0.717) is 22.3 Å². The monoisotopic (exact) mass is 635 g/mol. The van der Waals surface area contributed by atoms with Gasteiger partial charge in [-0.2, -0.15) is 0 Å². The summed E-state index contributed by atoms with van der Waals surface area (Å²) in [5.41, 5.74) is 0.945. The summed E-state index contributed by atoms with van der Waals surface area (Å²) in [5.74, 6) is -4.86. The molecule has 5 aromatic rings. The maximum atomic E-state index is 15.9. The topological polar surface area (TPSA) is 91.8 Å². The Bertz CT molecular complexity index is 2030. The number of amides is 2. The first-order valence-corrected chi connectivity index (χ1v) is 15.6. The Labute approximate surface area is 275 Å². The summed E-state index contributed by atoms with van der Waals surface area (Å²) in [7, 11) is 0. The van der Waals surface area contributed by atoms with Gasteiger partial charge in [-0.05, 0) is 51.6 Å². The first kappa shape index (κ1) is 28.9. The van der Waals surface area contributed by atoms with Crippen LogP contribution in [0.4, 0.5) is 5.69 Å². The molecule has 2 fully saturated rings. The predicted molar refractivity (Wildman–Crippen MR) is 179 cm³/mol. The highest BCUT2D eigenvalue weighted by Gasteiger charge is 2.82. The Kier molecular flexibility index (Phi) is 6.43. The van der Waals surface area contributed by atoms with Crippen LogP contribution in [-0.2, 0) is 25.2 Å². The molecule has 1 heterocycles. The largest absolute Gasteiger partial charge is 0.478 e. The molecule has 4 unspecified atom stereocenters. The van der Waals surface area contributed by atoms with E-state index in [1.54, 1.807) is 0 Å². The van der Waals surface area contributed by atoms with Crippen molar-refractivity contribution in [3.05, 3.63) is 172 Å². The molecule has 0 aromatic heterocycles. The molecule has 8 rings (SSSR count). The van der Waals surface area contributed by atoms with Crippen LogP contribution in [0.5, 0.6) is 0 Å². The van der Waals surface area contributed by atoms with Crippen LogP contribution in [0.1, 0.15) is 32.6 Å². The maximum absolute atomic E-state index is 15.9. The lowest BCUT2D eigenvalue weighted by molar-refractivity contribution is -0.130. The van der Waals surface area contributed by atoms with Crippen molar-refractivity contribution in [1.82, 2.24) is 0 Å². The first-order chi connectivity index (χ1) is 22.8. The molecule has 4 atom stereocenters. The molecule has 0 spiro atoms. The number of nitrogens with zero attached hydrogens (tertiary/aromatic N) is 1. The van der Waals surface area contributed by atoms with Crippen molar-refractivity contribution in [2.45, 2.75) is 10.8 Å². The van der Waals surface area contributed by atoms with E-state index in [1.165, 1.54) is 18.2 Å². The number of anilines is 1.